The first kappa shape index (κ1) is 17.0. The van der Waals surface area contributed by atoms with E-state index < -0.39 is 0 Å². The third-order valence-electron chi connectivity index (χ3n) is 4.71. The molecule has 2 aromatic rings. The predicted molar refractivity (Wildman–Crippen MR) is 96.3 cm³/mol. The number of rotatable bonds is 7. The Hall–Kier alpha value is -1.85. The van der Waals surface area contributed by atoms with Crippen molar-refractivity contribution in [1.29, 1.82) is 0 Å². The van der Waals surface area contributed by atoms with E-state index in [9.17, 15) is 0 Å². The summed E-state index contributed by atoms with van der Waals surface area (Å²) in [5, 5.41) is 4.89. The van der Waals surface area contributed by atoms with Gasteiger partial charge in [-0.05, 0) is 58.0 Å². The highest BCUT2D eigenvalue weighted by molar-refractivity contribution is 5.33. The zero-order valence-electron chi connectivity index (χ0n) is 14.7. The SMILES string of the molecule is CN(C)CCn1nc(COc2ccccc2)c2c1CCCC2CN. The first-order valence-corrected chi connectivity index (χ1v) is 8.80. The van der Waals surface area contributed by atoms with Gasteiger partial charge in [0.15, 0.2) is 0 Å². The lowest BCUT2D eigenvalue weighted by Gasteiger charge is -2.23. The summed E-state index contributed by atoms with van der Waals surface area (Å²) in [6.07, 6.45) is 3.44. The Bertz CT molecular complexity index is 651. The molecule has 0 amide bonds. The second kappa shape index (κ2) is 7.81. The summed E-state index contributed by atoms with van der Waals surface area (Å²) in [5.74, 6) is 1.30. The molecule has 1 aliphatic rings. The molecule has 0 saturated heterocycles. The number of benzene rings is 1. The molecule has 0 saturated carbocycles. The molecular weight excluding hydrogens is 300 g/mol. The van der Waals surface area contributed by atoms with Gasteiger partial charge in [0.05, 0.1) is 6.54 Å². The molecule has 1 atom stereocenters. The van der Waals surface area contributed by atoms with Crippen LogP contribution < -0.4 is 10.5 Å². The Morgan fingerprint density at radius 2 is 2.08 bits per heavy atom. The molecule has 1 heterocycles. The summed E-state index contributed by atoms with van der Waals surface area (Å²) in [4.78, 5) is 2.19. The second-order valence-electron chi connectivity index (χ2n) is 6.76. The molecule has 5 heteroatoms. The smallest absolute Gasteiger partial charge is 0.132 e. The summed E-state index contributed by atoms with van der Waals surface area (Å²) in [6, 6.07) is 9.94. The van der Waals surface area contributed by atoms with Gasteiger partial charge in [-0.3, -0.25) is 4.68 Å². The first-order valence-electron chi connectivity index (χ1n) is 8.80. The van der Waals surface area contributed by atoms with E-state index >= 15 is 0 Å². The fraction of sp³-hybridized carbons (Fsp3) is 0.526. The van der Waals surface area contributed by atoms with Gasteiger partial charge in [-0.1, -0.05) is 18.2 Å². The fourth-order valence-electron chi connectivity index (χ4n) is 3.45. The van der Waals surface area contributed by atoms with Crippen LogP contribution in [0.5, 0.6) is 5.75 Å². The van der Waals surface area contributed by atoms with Gasteiger partial charge < -0.3 is 15.4 Å². The number of nitrogens with two attached hydrogens (primary N) is 1. The van der Waals surface area contributed by atoms with E-state index in [1.54, 1.807) is 0 Å². The highest BCUT2D eigenvalue weighted by Gasteiger charge is 2.27. The number of nitrogens with zero attached hydrogens (tertiary/aromatic N) is 3. The van der Waals surface area contributed by atoms with Crippen molar-refractivity contribution in [1.82, 2.24) is 14.7 Å². The van der Waals surface area contributed by atoms with Crippen molar-refractivity contribution in [2.75, 3.05) is 27.2 Å². The third-order valence-corrected chi connectivity index (χ3v) is 4.71. The molecule has 1 aromatic heterocycles. The van der Waals surface area contributed by atoms with Gasteiger partial charge in [0.2, 0.25) is 0 Å². The summed E-state index contributed by atoms with van der Waals surface area (Å²) in [6.45, 7) is 3.10. The van der Waals surface area contributed by atoms with E-state index in [2.05, 4.69) is 23.7 Å². The predicted octanol–water partition coefficient (Wildman–Crippen LogP) is 2.40. The van der Waals surface area contributed by atoms with E-state index in [0.29, 0.717) is 19.1 Å². The standard InChI is InChI=1S/C19H28N4O/c1-22(2)11-12-23-18-10-6-7-15(13-20)19(18)17(21-23)14-24-16-8-4-3-5-9-16/h3-5,8-9,15H,6-7,10-14,20H2,1-2H3. The molecule has 0 bridgehead atoms. The van der Waals surface area contributed by atoms with Crippen LogP contribution in [0, 0.1) is 0 Å². The lowest BCUT2D eigenvalue weighted by Crippen LogP contribution is -2.23. The van der Waals surface area contributed by atoms with Crippen LogP contribution in [0.25, 0.3) is 0 Å². The molecule has 0 radical (unpaired) electrons. The molecular formula is C19H28N4O. The van der Waals surface area contributed by atoms with Crippen LogP contribution in [-0.4, -0.2) is 41.9 Å². The molecule has 2 N–H and O–H groups in total. The van der Waals surface area contributed by atoms with E-state index in [-0.39, 0.29) is 0 Å². The van der Waals surface area contributed by atoms with Crippen LogP contribution in [0.15, 0.2) is 30.3 Å². The zero-order valence-corrected chi connectivity index (χ0v) is 14.7. The lowest BCUT2D eigenvalue weighted by atomic mass is 9.85. The molecule has 0 spiro atoms. The minimum absolute atomic E-state index is 0.413. The quantitative estimate of drug-likeness (QED) is 0.848. The zero-order chi connectivity index (χ0) is 16.9. The van der Waals surface area contributed by atoms with Crippen molar-refractivity contribution in [2.24, 2.45) is 5.73 Å². The van der Waals surface area contributed by atoms with Gasteiger partial charge in [0.1, 0.15) is 18.1 Å². The molecule has 0 fully saturated rings. The topological polar surface area (TPSA) is 56.3 Å². The Morgan fingerprint density at radius 3 is 2.79 bits per heavy atom. The minimum atomic E-state index is 0.413. The second-order valence-corrected chi connectivity index (χ2v) is 6.76. The number of aromatic nitrogens is 2. The Kier molecular flexibility index (Phi) is 5.53. The van der Waals surface area contributed by atoms with Crippen molar-refractivity contribution >= 4 is 0 Å². The molecule has 1 aliphatic carbocycles. The third kappa shape index (κ3) is 3.79. The number of fused-ring (bicyclic) bond motifs is 1. The van der Waals surface area contributed by atoms with Gasteiger partial charge in [-0.15, -0.1) is 0 Å². The van der Waals surface area contributed by atoms with Crippen LogP contribution in [0.4, 0.5) is 0 Å². The molecule has 0 aliphatic heterocycles. The number of likely N-dealkylation sites (N-methyl/N-ethyl adjacent to an activating group) is 1. The highest BCUT2D eigenvalue weighted by atomic mass is 16.5. The normalized spacial score (nSPS) is 17.1. The largest absolute Gasteiger partial charge is 0.487 e. The van der Waals surface area contributed by atoms with Crippen LogP contribution in [0.1, 0.15) is 35.7 Å². The molecule has 1 unspecified atom stereocenters. The highest BCUT2D eigenvalue weighted by Crippen LogP contribution is 2.34. The Morgan fingerprint density at radius 1 is 1.29 bits per heavy atom. The maximum Gasteiger partial charge on any atom is 0.132 e. The molecule has 3 rings (SSSR count). The van der Waals surface area contributed by atoms with Crippen molar-refractivity contribution in [3.63, 3.8) is 0 Å². The Labute approximate surface area is 144 Å². The Balaban J connectivity index is 1.83. The summed E-state index contributed by atoms with van der Waals surface area (Å²) in [7, 11) is 4.19. The maximum absolute atomic E-state index is 6.04. The van der Waals surface area contributed by atoms with Crippen LogP contribution in [0.3, 0.4) is 0 Å². The van der Waals surface area contributed by atoms with Gasteiger partial charge >= 0.3 is 0 Å². The summed E-state index contributed by atoms with van der Waals surface area (Å²) >= 11 is 0. The van der Waals surface area contributed by atoms with E-state index in [4.69, 9.17) is 15.6 Å². The van der Waals surface area contributed by atoms with Crippen LogP contribution >= 0.6 is 0 Å². The fourth-order valence-corrected chi connectivity index (χ4v) is 3.45. The van der Waals surface area contributed by atoms with Gasteiger partial charge in [-0.2, -0.15) is 5.10 Å². The van der Waals surface area contributed by atoms with Gasteiger partial charge in [-0.25, -0.2) is 0 Å². The summed E-state index contributed by atoms with van der Waals surface area (Å²) in [5.41, 5.74) is 9.81. The average molecular weight is 328 g/mol. The first-order chi connectivity index (χ1) is 11.7. The number of hydrogen-bond acceptors (Lipinski definition) is 4. The van der Waals surface area contributed by atoms with Gasteiger partial charge in [0, 0.05) is 17.8 Å². The molecule has 130 valence electrons. The van der Waals surface area contributed by atoms with E-state index in [1.807, 2.05) is 30.3 Å². The number of ether oxygens (including phenoxy) is 1. The van der Waals surface area contributed by atoms with Crippen molar-refractivity contribution < 1.29 is 4.74 Å². The monoisotopic (exact) mass is 328 g/mol. The molecule has 5 nitrogen and oxygen atoms in total. The van der Waals surface area contributed by atoms with Crippen LogP contribution in [0.2, 0.25) is 0 Å². The van der Waals surface area contributed by atoms with E-state index in [0.717, 1.165) is 37.4 Å². The number of hydrogen-bond donors (Lipinski definition) is 1. The van der Waals surface area contributed by atoms with E-state index in [1.165, 1.54) is 17.7 Å². The molecule has 1 aromatic carbocycles. The average Bonchev–Trinajstić information content (AvgIpc) is 2.97. The minimum Gasteiger partial charge on any atom is -0.487 e. The van der Waals surface area contributed by atoms with Crippen molar-refractivity contribution in [2.45, 2.75) is 38.3 Å². The van der Waals surface area contributed by atoms with Crippen molar-refractivity contribution in [3.05, 3.63) is 47.3 Å². The summed E-state index contributed by atoms with van der Waals surface area (Å²) < 4.78 is 8.14. The number of para-hydroxylation sites is 1. The molecule has 24 heavy (non-hydrogen) atoms. The lowest BCUT2D eigenvalue weighted by molar-refractivity contribution is 0.296. The van der Waals surface area contributed by atoms with Crippen molar-refractivity contribution in [3.8, 4) is 5.75 Å². The van der Waals surface area contributed by atoms with Gasteiger partial charge in [0.25, 0.3) is 0 Å². The maximum atomic E-state index is 6.04. The van der Waals surface area contributed by atoms with Crippen LogP contribution in [-0.2, 0) is 19.6 Å².